The van der Waals surface area contributed by atoms with Gasteiger partial charge in [0.2, 0.25) is 5.91 Å². The van der Waals surface area contributed by atoms with Gasteiger partial charge < -0.3 is 20.1 Å². The maximum absolute atomic E-state index is 11.9. The van der Waals surface area contributed by atoms with Gasteiger partial charge in [-0.15, -0.1) is 11.3 Å². The number of anilines is 1. The van der Waals surface area contributed by atoms with Crippen LogP contribution in [0.4, 0.5) is 5.69 Å². The van der Waals surface area contributed by atoms with E-state index < -0.39 is 0 Å². The molecule has 0 fully saturated rings. The van der Waals surface area contributed by atoms with Crippen molar-refractivity contribution in [2.45, 2.75) is 6.42 Å². The van der Waals surface area contributed by atoms with Crippen LogP contribution in [0.1, 0.15) is 16.1 Å². The van der Waals surface area contributed by atoms with Gasteiger partial charge in [0.05, 0.1) is 19.1 Å². The molecule has 0 unspecified atom stereocenters. The van der Waals surface area contributed by atoms with Gasteiger partial charge in [0.25, 0.3) is 5.91 Å². The van der Waals surface area contributed by atoms with Crippen molar-refractivity contribution in [2.75, 3.05) is 26.1 Å². The molecule has 2 aromatic rings. The molecule has 23 heavy (non-hydrogen) atoms. The molecular weight excluding hydrogens is 316 g/mol. The lowest BCUT2D eigenvalue weighted by atomic mass is 10.2. The Morgan fingerprint density at radius 2 is 1.91 bits per heavy atom. The van der Waals surface area contributed by atoms with Crippen LogP contribution in [-0.2, 0) is 4.79 Å². The number of thiophene rings is 1. The second kappa shape index (κ2) is 8.19. The Morgan fingerprint density at radius 1 is 1.13 bits per heavy atom. The maximum atomic E-state index is 11.9. The average molecular weight is 334 g/mol. The monoisotopic (exact) mass is 334 g/mol. The van der Waals surface area contributed by atoms with Crippen molar-refractivity contribution >= 4 is 28.8 Å². The van der Waals surface area contributed by atoms with Gasteiger partial charge in [-0.2, -0.15) is 0 Å². The number of ether oxygens (including phenoxy) is 2. The van der Waals surface area contributed by atoms with Crippen molar-refractivity contribution in [3.05, 3.63) is 40.6 Å². The van der Waals surface area contributed by atoms with E-state index in [1.165, 1.54) is 18.4 Å². The summed E-state index contributed by atoms with van der Waals surface area (Å²) in [7, 11) is 3.08. The lowest BCUT2D eigenvalue weighted by Gasteiger charge is -2.10. The maximum Gasteiger partial charge on any atom is 0.261 e. The number of amides is 2. The number of hydrogen-bond acceptors (Lipinski definition) is 5. The largest absolute Gasteiger partial charge is 0.493 e. The molecule has 6 nitrogen and oxygen atoms in total. The minimum atomic E-state index is -0.191. The Hall–Kier alpha value is -2.54. The molecule has 2 N–H and O–H groups in total. The number of carbonyl (C=O) groups excluding carboxylic acids is 2. The quantitative estimate of drug-likeness (QED) is 0.816. The van der Waals surface area contributed by atoms with E-state index in [9.17, 15) is 9.59 Å². The highest BCUT2D eigenvalue weighted by atomic mass is 32.1. The Kier molecular flexibility index (Phi) is 5.99. The normalized spacial score (nSPS) is 10.0. The number of hydrogen-bond donors (Lipinski definition) is 2. The van der Waals surface area contributed by atoms with E-state index in [0.717, 1.165) is 0 Å². The molecule has 0 saturated carbocycles. The summed E-state index contributed by atoms with van der Waals surface area (Å²) in [6.45, 7) is 0.274. The first-order valence-corrected chi connectivity index (χ1v) is 7.85. The molecule has 0 aliphatic rings. The Morgan fingerprint density at radius 3 is 2.57 bits per heavy atom. The van der Waals surface area contributed by atoms with Crippen LogP contribution in [0.2, 0.25) is 0 Å². The third kappa shape index (κ3) is 4.72. The van der Waals surface area contributed by atoms with Crippen molar-refractivity contribution in [3.8, 4) is 11.5 Å². The molecule has 122 valence electrons. The third-order valence-corrected chi connectivity index (χ3v) is 3.92. The van der Waals surface area contributed by atoms with E-state index in [4.69, 9.17) is 9.47 Å². The van der Waals surface area contributed by atoms with Crippen LogP contribution < -0.4 is 20.1 Å². The summed E-state index contributed by atoms with van der Waals surface area (Å²) >= 11 is 1.36. The molecule has 2 rings (SSSR count). The topological polar surface area (TPSA) is 76.7 Å². The molecule has 7 heteroatoms. The van der Waals surface area contributed by atoms with Crippen LogP contribution in [-0.4, -0.2) is 32.6 Å². The second-order valence-electron chi connectivity index (χ2n) is 4.60. The van der Waals surface area contributed by atoms with Crippen molar-refractivity contribution < 1.29 is 19.1 Å². The molecule has 0 bridgehead atoms. The van der Waals surface area contributed by atoms with E-state index >= 15 is 0 Å². The highest BCUT2D eigenvalue weighted by molar-refractivity contribution is 7.12. The highest BCUT2D eigenvalue weighted by Gasteiger charge is 2.09. The zero-order valence-electron chi connectivity index (χ0n) is 12.9. The van der Waals surface area contributed by atoms with Gasteiger partial charge in [-0.1, -0.05) is 6.07 Å². The molecule has 0 saturated heterocycles. The summed E-state index contributed by atoms with van der Waals surface area (Å²) in [5, 5.41) is 7.29. The van der Waals surface area contributed by atoms with E-state index in [2.05, 4.69) is 10.6 Å². The molecule has 1 heterocycles. The first kappa shape index (κ1) is 16.8. The minimum absolute atomic E-state index is 0.168. The van der Waals surface area contributed by atoms with Gasteiger partial charge in [-0.3, -0.25) is 9.59 Å². The predicted octanol–water partition coefficient (Wildman–Crippen LogP) is 2.52. The second-order valence-corrected chi connectivity index (χ2v) is 5.55. The minimum Gasteiger partial charge on any atom is -0.493 e. The van der Waals surface area contributed by atoms with Gasteiger partial charge in [-0.05, 0) is 23.6 Å². The molecule has 0 aliphatic heterocycles. The first-order valence-electron chi connectivity index (χ1n) is 6.97. The number of nitrogens with one attached hydrogen (secondary N) is 2. The molecule has 0 radical (unpaired) electrons. The average Bonchev–Trinajstić information content (AvgIpc) is 3.09. The lowest BCUT2D eigenvalue weighted by Crippen LogP contribution is -2.27. The SMILES string of the molecule is COc1ccc(NC(=O)CCNC(=O)c2cccs2)cc1OC. The van der Waals surface area contributed by atoms with Gasteiger partial charge in [0, 0.05) is 24.7 Å². The van der Waals surface area contributed by atoms with Crippen LogP contribution in [0.3, 0.4) is 0 Å². The summed E-state index contributed by atoms with van der Waals surface area (Å²) in [6, 6.07) is 8.67. The molecule has 1 aromatic carbocycles. The number of benzene rings is 1. The fraction of sp³-hybridized carbons (Fsp3) is 0.250. The standard InChI is InChI=1S/C16H18N2O4S/c1-21-12-6-5-11(10-13(12)22-2)18-15(19)7-8-17-16(20)14-4-3-9-23-14/h3-6,9-10H,7-8H2,1-2H3,(H,17,20)(H,18,19). The molecule has 0 atom stereocenters. The third-order valence-electron chi connectivity index (χ3n) is 3.05. The van der Waals surface area contributed by atoms with Gasteiger partial charge >= 0.3 is 0 Å². The lowest BCUT2D eigenvalue weighted by molar-refractivity contribution is -0.116. The Labute approximate surface area is 138 Å². The van der Waals surface area contributed by atoms with Crippen molar-refractivity contribution in [3.63, 3.8) is 0 Å². The smallest absolute Gasteiger partial charge is 0.261 e. The molecule has 0 spiro atoms. The van der Waals surface area contributed by atoms with E-state index in [-0.39, 0.29) is 24.8 Å². The highest BCUT2D eigenvalue weighted by Crippen LogP contribution is 2.29. The Balaban J connectivity index is 1.82. The summed E-state index contributed by atoms with van der Waals surface area (Å²) in [5.41, 5.74) is 0.609. The zero-order valence-corrected chi connectivity index (χ0v) is 13.7. The summed E-state index contributed by atoms with van der Waals surface area (Å²) < 4.78 is 10.3. The fourth-order valence-corrected chi connectivity index (χ4v) is 2.56. The van der Waals surface area contributed by atoms with Crippen LogP contribution in [0.25, 0.3) is 0 Å². The van der Waals surface area contributed by atoms with E-state index in [1.54, 1.807) is 31.4 Å². The summed E-state index contributed by atoms with van der Waals surface area (Å²) in [5.74, 6) is 0.771. The van der Waals surface area contributed by atoms with Crippen LogP contribution in [0, 0.1) is 0 Å². The van der Waals surface area contributed by atoms with Crippen molar-refractivity contribution in [1.29, 1.82) is 0 Å². The van der Waals surface area contributed by atoms with Crippen molar-refractivity contribution in [2.24, 2.45) is 0 Å². The Bertz CT molecular complexity index is 671. The molecular formula is C16H18N2O4S. The van der Waals surface area contributed by atoms with Gasteiger partial charge in [0.1, 0.15) is 0 Å². The zero-order chi connectivity index (χ0) is 16.7. The van der Waals surface area contributed by atoms with Gasteiger partial charge in [-0.25, -0.2) is 0 Å². The summed E-state index contributed by atoms with van der Waals surface area (Å²) in [4.78, 5) is 24.3. The molecule has 1 aromatic heterocycles. The predicted molar refractivity (Wildman–Crippen MR) is 89.4 cm³/mol. The molecule has 0 aliphatic carbocycles. The van der Waals surface area contributed by atoms with Gasteiger partial charge in [0.15, 0.2) is 11.5 Å². The van der Waals surface area contributed by atoms with Crippen LogP contribution >= 0.6 is 11.3 Å². The molecule has 2 amide bonds. The van der Waals surface area contributed by atoms with Crippen molar-refractivity contribution in [1.82, 2.24) is 5.32 Å². The summed E-state index contributed by atoms with van der Waals surface area (Å²) in [6.07, 6.45) is 0.186. The first-order chi connectivity index (χ1) is 11.1. The van der Waals surface area contributed by atoms with Crippen LogP contribution in [0.15, 0.2) is 35.7 Å². The number of methoxy groups -OCH3 is 2. The van der Waals surface area contributed by atoms with E-state index in [1.807, 2.05) is 11.4 Å². The number of carbonyl (C=O) groups is 2. The van der Waals surface area contributed by atoms with E-state index in [0.29, 0.717) is 22.1 Å². The van der Waals surface area contributed by atoms with Crippen LogP contribution in [0.5, 0.6) is 11.5 Å². The fourth-order valence-electron chi connectivity index (χ4n) is 1.92. The number of rotatable bonds is 7.